The molecule has 0 saturated heterocycles. The molecule has 0 aliphatic carbocycles. The van der Waals surface area contributed by atoms with E-state index in [4.69, 9.17) is 4.98 Å². The Morgan fingerprint density at radius 3 is 2.67 bits per heavy atom. The molecule has 5 rings (SSSR count). The predicted molar refractivity (Wildman–Crippen MR) is 102 cm³/mol. The molecular weight excluding hydrogens is 338 g/mol. The number of hydrogen-bond acceptors (Lipinski definition) is 5. The second-order valence-electron chi connectivity index (χ2n) is 6.52. The molecule has 0 amide bonds. The van der Waals surface area contributed by atoms with Gasteiger partial charge in [0.25, 0.3) is 0 Å². The molecule has 0 fully saturated rings. The Morgan fingerprint density at radius 1 is 0.963 bits per heavy atom. The minimum Gasteiger partial charge on any atom is -0.325 e. The number of rotatable bonds is 3. The molecule has 132 valence electrons. The summed E-state index contributed by atoms with van der Waals surface area (Å²) in [6, 6.07) is 9.74. The summed E-state index contributed by atoms with van der Waals surface area (Å²) in [7, 11) is 0. The third-order valence-electron chi connectivity index (χ3n) is 4.90. The minimum absolute atomic E-state index is 0.599. The Balaban J connectivity index is 1.72. The summed E-state index contributed by atoms with van der Waals surface area (Å²) in [4.78, 5) is 18.0. The fourth-order valence-electron chi connectivity index (χ4n) is 3.40. The summed E-state index contributed by atoms with van der Waals surface area (Å²) in [5.74, 6) is 0.599. The van der Waals surface area contributed by atoms with Crippen molar-refractivity contribution >= 4 is 16.7 Å². The molecule has 0 bridgehead atoms. The van der Waals surface area contributed by atoms with Crippen LogP contribution in [0.4, 0.5) is 0 Å². The number of aryl methyl sites for hydroxylation is 1. The second kappa shape index (κ2) is 5.98. The standard InChI is InChI=1S/C20H17N7/c1-13-14(2)26(11-15-6-5-8-21-10-15)19-17(13)20-24-18(25-27(20)12-23-19)16-7-3-4-9-22-16/h3-10,12H,11H2,1-2H3. The van der Waals surface area contributed by atoms with Gasteiger partial charge in [-0.15, -0.1) is 5.10 Å². The zero-order valence-corrected chi connectivity index (χ0v) is 15.0. The minimum atomic E-state index is 0.599. The molecule has 0 saturated carbocycles. The average Bonchev–Trinajstić information content (AvgIpc) is 3.25. The van der Waals surface area contributed by atoms with E-state index in [2.05, 4.69) is 44.5 Å². The topological polar surface area (TPSA) is 73.8 Å². The molecule has 0 unspecified atom stereocenters. The van der Waals surface area contributed by atoms with E-state index in [1.54, 1.807) is 23.2 Å². The number of pyridine rings is 2. The third kappa shape index (κ3) is 2.47. The number of fused-ring (bicyclic) bond motifs is 3. The molecule has 7 heteroatoms. The van der Waals surface area contributed by atoms with Crippen LogP contribution in [0.3, 0.4) is 0 Å². The van der Waals surface area contributed by atoms with Gasteiger partial charge in [0, 0.05) is 24.3 Å². The molecule has 0 aromatic carbocycles. The number of aromatic nitrogens is 7. The summed E-state index contributed by atoms with van der Waals surface area (Å²) in [5.41, 5.74) is 5.91. The highest BCUT2D eigenvalue weighted by atomic mass is 15.3. The fraction of sp³-hybridized carbons (Fsp3) is 0.150. The van der Waals surface area contributed by atoms with Crippen molar-refractivity contribution in [3.8, 4) is 11.5 Å². The van der Waals surface area contributed by atoms with E-state index >= 15 is 0 Å². The van der Waals surface area contributed by atoms with Crippen molar-refractivity contribution in [2.45, 2.75) is 20.4 Å². The van der Waals surface area contributed by atoms with E-state index in [0.29, 0.717) is 12.4 Å². The van der Waals surface area contributed by atoms with Crippen LogP contribution in [0.5, 0.6) is 0 Å². The predicted octanol–water partition coefficient (Wildman–Crippen LogP) is 3.20. The largest absolute Gasteiger partial charge is 0.325 e. The van der Waals surface area contributed by atoms with Gasteiger partial charge in [0.05, 0.1) is 11.9 Å². The Hall–Kier alpha value is -3.61. The molecule has 7 nitrogen and oxygen atoms in total. The summed E-state index contributed by atoms with van der Waals surface area (Å²) in [6.45, 7) is 4.93. The molecule has 0 aliphatic heterocycles. The molecule has 0 radical (unpaired) electrons. The Labute approximate surface area is 155 Å². The van der Waals surface area contributed by atoms with Crippen LogP contribution in [-0.4, -0.2) is 34.1 Å². The van der Waals surface area contributed by atoms with Crippen molar-refractivity contribution in [1.82, 2.24) is 34.1 Å². The van der Waals surface area contributed by atoms with Crippen molar-refractivity contribution in [3.63, 3.8) is 0 Å². The molecule has 27 heavy (non-hydrogen) atoms. The van der Waals surface area contributed by atoms with E-state index in [0.717, 1.165) is 39.2 Å². The summed E-state index contributed by atoms with van der Waals surface area (Å²) in [6.07, 6.45) is 7.13. The summed E-state index contributed by atoms with van der Waals surface area (Å²) < 4.78 is 3.93. The zero-order chi connectivity index (χ0) is 18.4. The molecule has 5 aromatic heterocycles. The molecule has 0 spiro atoms. The van der Waals surface area contributed by atoms with Crippen LogP contribution in [0, 0.1) is 13.8 Å². The first kappa shape index (κ1) is 15.6. The quantitative estimate of drug-likeness (QED) is 0.497. The van der Waals surface area contributed by atoms with E-state index in [9.17, 15) is 0 Å². The van der Waals surface area contributed by atoms with E-state index in [1.165, 1.54) is 0 Å². The number of nitrogens with zero attached hydrogens (tertiary/aromatic N) is 7. The van der Waals surface area contributed by atoms with Gasteiger partial charge in [-0.3, -0.25) is 9.97 Å². The van der Waals surface area contributed by atoms with Gasteiger partial charge >= 0.3 is 0 Å². The molecule has 0 N–H and O–H groups in total. The molecule has 5 heterocycles. The van der Waals surface area contributed by atoms with Crippen molar-refractivity contribution in [2.75, 3.05) is 0 Å². The molecule has 0 atom stereocenters. The molecule has 0 aliphatic rings. The first-order chi connectivity index (χ1) is 13.2. The normalized spacial score (nSPS) is 11.5. The SMILES string of the molecule is Cc1c(C)n(Cc2cccnc2)c2ncn3nc(-c4ccccn4)nc3c12. The summed E-state index contributed by atoms with van der Waals surface area (Å²) in [5, 5.41) is 5.58. The van der Waals surface area contributed by atoms with Crippen molar-refractivity contribution in [2.24, 2.45) is 0 Å². The third-order valence-corrected chi connectivity index (χ3v) is 4.90. The lowest BCUT2D eigenvalue weighted by Gasteiger charge is -2.07. The van der Waals surface area contributed by atoms with Crippen LogP contribution >= 0.6 is 0 Å². The van der Waals surface area contributed by atoms with Gasteiger partial charge in [0.2, 0.25) is 5.82 Å². The smallest absolute Gasteiger partial charge is 0.200 e. The van der Waals surface area contributed by atoms with Gasteiger partial charge < -0.3 is 4.57 Å². The Kier molecular flexibility index (Phi) is 3.46. The highest BCUT2D eigenvalue weighted by Gasteiger charge is 2.18. The van der Waals surface area contributed by atoms with Crippen molar-refractivity contribution in [1.29, 1.82) is 0 Å². The van der Waals surface area contributed by atoms with Crippen LogP contribution in [0.2, 0.25) is 0 Å². The van der Waals surface area contributed by atoms with Gasteiger partial charge in [-0.25, -0.2) is 14.5 Å². The van der Waals surface area contributed by atoms with Crippen LogP contribution in [0.15, 0.2) is 55.2 Å². The maximum absolute atomic E-state index is 4.76. The lowest BCUT2D eigenvalue weighted by atomic mass is 10.2. The number of hydrogen-bond donors (Lipinski definition) is 0. The zero-order valence-electron chi connectivity index (χ0n) is 15.0. The first-order valence-corrected chi connectivity index (χ1v) is 8.73. The fourth-order valence-corrected chi connectivity index (χ4v) is 3.40. The van der Waals surface area contributed by atoms with Crippen molar-refractivity contribution in [3.05, 3.63) is 72.1 Å². The Bertz CT molecular complexity index is 1250. The lowest BCUT2D eigenvalue weighted by Crippen LogP contribution is -2.03. The van der Waals surface area contributed by atoms with Crippen LogP contribution in [0.1, 0.15) is 16.8 Å². The van der Waals surface area contributed by atoms with Crippen LogP contribution < -0.4 is 0 Å². The second-order valence-corrected chi connectivity index (χ2v) is 6.52. The van der Waals surface area contributed by atoms with Gasteiger partial charge in [-0.05, 0) is 43.2 Å². The van der Waals surface area contributed by atoms with Gasteiger partial charge in [0.15, 0.2) is 5.65 Å². The summed E-state index contributed by atoms with van der Waals surface area (Å²) >= 11 is 0. The van der Waals surface area contributed by atoms with Gasteiger partial charge in [0.1, 0.15) is 17.7 Å². The Morgan fingerprint density at radius 2 is 1.89 bits per heavy atom. The van der Waals surface area contributed by atoms with Gasteiger partial charge in [-0.1, -0.05) is 12.1 Å². The molecule has 5 aromatic rings. The van der Waals surface area contributed by atoms with E-state index < -0.39 is 0 Å². The van der Waals surface area contributed by atoms with E-state index in [1.807, 2.05) is 30.5 Å². The monoisotopic (exact) mass is 355 g/mol. The first-order valence-electron chi connectivity index (χ1n) is 8.73. The average molecular weight is 355 g/mol. The van der Waals surface area contributed by atoms with Crippen LogP contribution in [0.25, 0.3) is 28.2 Å². The van der Waals surface area contributed by atoms with Gasteiger partial charge in [-0.2, -0.15) is 0 Å². The highest BCUT2D eigenvalue weighted by molar-refractivity contribution is 5.94. The lowest BCUT2D eigenvalue weighted by molar-refractivity contribution is 0.783. The van der Waals surface area contributed by atoms with Crippen molar-refractivity contribution < 1.29 is 0 Å². The highest BCUT2D eigenvalue weighted by Crippen LogP contribution is 2.28. The molecular formula is C20H17N7. The maximum Gasteiger partial charge on any atom is 0.200 e. The van der Waals surface area contributed by atoms with Crippen LogP contribution in [-0.2, 0) is 6.54 Å². The van der Waals surface area contributed by atoms with E-state index in [-0.39, 0.29) is 0 Å². The maximum atomic E-state index is 4.76.